The van der Waals surface area contributed by atoms with Crippen LogP contribution < -0.4 is 5.73 Å². The van der Waals surface area contributed by atoms with Crippen LogP contribution in [0.1, 0.15) is 11.1 Å². The highest BCUT2D eigenvalue weighted by Gasteiger charge is 2.03. The number of aryl methyl sites for hydroxylation is 1. The molecule has 3 N–H and O–H groups in total. The normalized spacial score (nSPS) is 10.6. The third-order valence-corrected chi connectivity index (χ3v) is 3.38. The molecule has 2 nitrogen and oxygen atoms in total. The van der Waals surface area contributed by atoms with Crippen LogP contribution in [0.5, 0.6) is 0 Å². The first-order valence-electron chi connectivity index (χ1n) is 5.12. The third kappa shape index (κ3) is 2.19. The van der Waals surface area contributed by atoms with Gasteiger partial charge >= 0.3 is 0 Å². The number of nitrogens with two attached hydrogens (primary N) is 1. The molecule has 0 aromatic heterocycles. The number of hydrogen-bond donors (Lipinski definition) is 2. The van der Waals surface area contributed by atoms with Crippen LogP contribution in [0.25, 0.3) is 10.8 Å². The van der Waals surface area contributed by atoms with E-state index in [-0.39, 0.29) is 5.17 Å². The number of fused-ring (bicyclic) bond motifs is 1. The van der Waals surface area contributed by atoms with E-state index in [4.69, 9.17) is 11.1 Å². The van der Waals surface area contributed by atoms with E-state index in [1.807, 2.05) is 6.07 Å². The Bertz CT molecular complexity index is 534. The smallest absolute Gasteiger partial charge is 0.151 e. The molecule has 0 atom stereocenters. The predicted molar refractivity (Wildman–Crippen MR) is 71.9 cm³/mol. The third-order valence-electron chi connectivity index (χ3n) is 2.62. The van der Waals surface area contributed by atoms with E-state index in [0.717, 1.165) is 5.75 Å². The summed E-state index contributed by atoms with van der Waals surface area (Å²) in [5.74, 6) is 0.760. The molecule has 0 spiro atoms. The second-order valence-electron chi connectivity index (χ2n) is 3.74. The van der Waals surface area contributed by atoms with Gasteiger partial charge in [0.05, 0.1) is 0 Å². The molecule has 2 rings (SSSR count). The molecule has 0 aliphatic carbocycles. The van der Waals surface area contributed by atoms with Crippen molar-refractivity contribution in [2.45, 2.75) is 12.7 Å². The van der Waals surface area contributed by atoms with Gasteiger partial charge in [-0.15, -0.1) is 0 Å². The van der Waals surface area contributed by atoms with Crippen molar-refractivity contribution >= 4 is 27.7 Å². The van der Waals surface area contributed by atoms with Gasteiger partial charge in [0.25, 0.3) is 0 Å². The SMILES string of the molecule is Cc1ccc(CSC(=N)N)c2ccccc12. The van der Waals surface area contributed by atoms with Gasteiger partial charge in [0.1, 0.15) is 0 Å². The topological polar surface area (TPSA) is 49.9 Å². The molecular formula is C13H14N2S. The fourth-order valence-electron chi connectivity index (χ4n) is 1.79. The zero-order chi connectivity index (χ0) is 11.5. The fraction of sp³-hybridized carbons (Fsp3) is 0.154. The average molecular weight is 230 g/mol. The number of rotatable bonds is 2. The summed E-state index contributed by atoms with van der Waals surface area (Å²) in [6, 6.07) is 12.6. The summed E-state index contributed by atoms with van der Waals surface area (Å²) < 4.78 is 0. The molecule has 2 aromatic carbocycles. The van der Waals surface area contributed by atoms with Gasteiger partial charge in [-0.1, -0.05) is 48.2 Å². The van der Waals surface area contributed by atoms with Crippen LogP contribution in [0.2, 0.25) is 0 Å². The van der Waals surface area contributed by atoms with Crippen molar-refractivity contribution in [1.29, 1.82) is 5.41 Å². The minimum absolute atomic E-state index is 0.171. The molecule has 3 heteroatoms. The Labute approximate surface area is 99.4 Å². The Morgan fingerprint density at radius 2 is 1.88 bits per heavy atom. The van der Waals surface area contributed by atoms with E-state index in [1.165, 1.54) is 33.7 Å². The van der Waals surface area contributed by atoms with Gasteiger partial charge in [0.15, 0.2) is 5.17 Å². The second-order valence-corrected chi connectivity index (χ2v) is 4.76. The number of nitrogens with one attached hydrogen (secondary N) is 1. The lowest BCUT2D eigenvalue weighted by atomic mass is 10.0. The standard InChI is InChI=1S/C13H14N2S/c1-9-6-7-10(8-16-13(14)15)12-5-3-2-4-11(9)12/h2-7H,8H2,1H3,(H3,14,15). The van der Waals surface area contributed by atoms with Gasteiger partial charge in [-0.25, -0.2) is 0 Å². The fourth-order valence-corrected chi connectivity index (χ4v) is 2.36. The van der Waals surface area contributed by atoms with Crippen molar-refractivity contribution in [3.05, 3.63) is 47.5 Å². The first-order chi connectivity index (χ1) is 7.68. The predicted octanol–water partition coefficient (Wildman–Crippen LogP) is 3.27. The summed E-state index contributed by atoms with van der Waals surface area (Å²) in [7, 11) is 0. The van der Waals surface area contributed by atoms with Gasteiger partial charge in [-0.2, -0.15) is 0 Å². The Hall–Kier alpha value is -1.48. The van der Waals surface area contributed by atoms with E-state index in [9.17, 15) is 0 Å². The Balaban J connectivity index is 2.46. The number of thioether (sulfide) groups is 1. The van der Waals surface area contributed by atoms with Crippen molar-refractivity contribution < 1.29 is 0 Å². The van der Waals surface area contributed by atoms with Crippen LogP contribution >= 0.6 is 11.8 Å². The lowest BCUT2D eigenvalue weighted by Crippen LogP contribution is -2.03. The molecule has 0 unspecified atom stereocenters. The molecular weight excluding hydrogens is 216 g/mol. The van der Waals surface area contributed by atoms with Crippen molar-refractivity contribution in [3.8, 4) is 0 Å². The Morgan fingerprint density at radius 1 is 1.19 bits per heavy atom. The van der Waals surface area contributed by atoms with Crippen LogP contribution in [0.3, 0.4) is 0 Å². The molecule has 0 bridgehead atoms. The zero-order valence-corrected chi connectivity index (χ0v) is 9.97. The molecule has 0 saturated carbocycles. The molecule has 0 fully saturated rings. The monoisotopic (exact) mass is 230 g/mol. The van der Waals surface area contributed by atoms with Gasteiger partial charge in [-0.05, 0) is 28.8 Å². The van der Waals surface area contributed by atoms with Gasteiger partial charge in [0, 0.05) is 5.75 Å². The summed E-state index contributed by atoms with van der Waals surface area (Å²) in [5, 5.41) is 9.95. The highest BCUT2D eigenvalue weighted by atomic mass is 32.2. The summed E-state index contributed by atoms with van der Waals surface area (Å²) in [5.41, 5.74) is 7.88. The van der Waals surface area contributed by atoms with E-state index in [1.54, 1.807) is 0 Å². The number of hydrogen-bond acceptors (Lipinski definition) is 2. The molecule has 16 heavy (non-hydrogen) atoms. The maximum absolute atomic E-state index is 7.23. The van der Waals surface area contributed by atoms with E-state index in [2.05, 4.69) is 37.3 Å². The lowest BCUT2D eigenvalue weighted by Gasteiger charge is -2.08. The average Bonchev–Trinajstić information content (AvgIpc) is 2.28. The van der Waals surface area contributed by atoms with Gasteiger partial charge in [-0.3, -0.25) is 5.41 Å². The molecule has 2 aromatic rings. The van der Waals surface area contributed by atoms with Gasteiger partial charge < -0.3 is 5.73 Å². The molecule has 0 amide bonds. The summed E-state index contributed by atoms with van der Waals surface area (Å²) in [6.45, 7) is 2.12. The van der Waals surface area contributed by atoms with Crippen LogP contribution in [-0.4, -0.2) is 5.17 Å². The Kier molecular flexibility index (Phi) is 3.15. The molecule has 0 aliphatic rings. The Morgan fingerprint density at radius 3 is 2.56 bits per heavy atom. The summed E-state index contributed by atoms with van der Waals surface area (Å²) in [4.78, 5) is 0. The molecule has 0 heterocycles. The van der Waals surface area contributed by atoms with Crippen molar-refractivity contribution in [2.75, 3.05) is 0 Å². The first-order valence-corrected chi connectivity index (χ1v) is 6.11. The number of amidine groups is 1. The molecule has 0 saturated heterocycles. The molecule has 0 aliphatic heterocycles. The van der Waals surface area contributed by atoms with Crippen LogP contribution in [0.15, 0.2) is 36.4 Å². The highest BCUT2D eigenvalue weighted by Crippen LogP contribution is 2.25. The maximum Gasteiger partial charge on any atom is 0.151 e. The van der Waals surface area contributed by atoms with Crippen LogP contribution in [0.4, 0.5) is 0 Å². The summed E-state index contributed by atoms with van der Waals surface area (Å²) in [6.07, 6.45) is 0. The zero-order valence-electron chi connectivity index (χ0n) is 9.16. The maximum atomic E-state index is 7.23. The molecule has 82 valence electrons. The van der Waals surface area contributed by atoms with Crippen LogP contribution in [0, 0.1) is 12.3 Å². The highest BCUT2D eigenvalue weighted by molar-refractivity contribution is 8.13. The van der Waals surface area contributed by atoms with E-state index >= 15 is 0 Å². The largest absolute Gasteiger partial charge is 0.379 e. The quantitative estimate of drug-likeness (QED) is 0.614. The van der Waals surface area contributed by atoms with Gasteiger partial charge in [0.2, 0.25) is 0 Å². The molecule has 0 radical (unpaired) electrons. The first kappa shape index (κ1) is 11.0. The van der Waals surface area contributed by atoms with Crippen LogP contribution in [-0.2, 0) is 5.75 Å². The summed E-state index contributed by atoms with van der Waals surface area (Å²) >= 11 is 1.37. The van der Waals surface area contributed by atoms with E-state index in [0.29, 0.717) is 0 Å². The second kappa shape index (κ2) is 4.58. The lowest BCUT2D eigenvalue weighted by molar-refractivity contribution is 1.42. The van der Waals surface area contributed by atoms with E-state index < -0.39 is 0 Å². The number of benzene rings is 2. The minimum atomic E-state index is 0.171. The van der Waals surface area contributed by atoms with Crippen molar-refractivity contribution in [1.82, 2.24) is 0 Å². The minimum Gasteiger partial charge on any atom is -0.379 e. The van der Waals surface area contributed by atoms with Crippen molar-refractivity contribution in [3.63, 3.8) is 0 Å². The van der Waals surface area contributed by atoms with Crippen molar-refractivity contribution in [2.24, 2.45) is 5.73 Å².